The van der Waals surface area contributed by atoms with Crippen LogP contribution in [0.2, 0.25) is 0 Å². The number of ether oxygens (including phenoxy) is 3. The fourth-order valence-electron chi connectivity index (χ4n) is 6.64. The standard InChI is InChI=1S/C39H50O7/c1-25(2)36(41)46-35-20-17-32(30-15-18-33(19-16-30)45-38(43)39(4,5)6)23-34(35)31-13-11-29(12-14-31)28-9-7-27(8-10-28)21-22-44-37(42)26(3)24-40/h15-20,23,27-29,31,40H,1,3,7-14,21-22,24H2,2,4-6H3. The lowest BCUT2D eigenvalue weighted by molar-refractivity contribution is -0.143. The molecule has 2 fully saturated rings. The van der Waals surface area contributed by atoms with E-state index in [-0.39, 0.29) is 24.1 Å². The van der Waals surface area contributed by atoms with Crippen LogP contribution in [0.4, 0.5) is 0 Å². The van der Waals surface area contributed by atoms with Gasteiger partial charge in [-0.1, -0.05) is 44.2 Å². The van der Waals surface area contributed by atoms with Gasteiger partial charge in [0.1, 0.15) is 11.5 Å². The van der Waals surface area contributed by atoms with Crippen LogP contribution in [0.25, 0.3) is 11.1 Å². The molecule has 2 aliphatic carbocycles. The van der Waals surface area contributed by atoms with E-state index in [9.17, 15) is 14.4 Å². The number of esters is 3. The van der Waals surface area contributed by atoms with Crippen molar-refractivity contribution in [2.45, 2.75) is 91.4 Å². The molecule has 248 valence electrons. The van der Waals surface area contributed by atoms with Gasteiger partial charge in [-0.25, -0.2) is 9.59 Å². The van der Waals surface area contributed by atoms with Gasteiger partial charge in [-0.3, -0.25) is 4.79 Å². The van der Waals surface area contributed by atoms with Crippen LogP contribution < -0.4 is 9.47 Å². The van der Waals surface area contributed by atoms with Crippen molar-refractivity contribution < 1.29 is 33.7 Å². The highest BCUT2D eigenvalue weighted by atomic mass is 16.5. The summed E-state index contributed by atoms with van der Waals surface area (Å²) in [6.45, 7) is 14.4. The van der Waals surface area contributed by atoms with Crippen molar-refractivity contribution in [3.05, 3.63) is 72.3 Å². The Morgan fingerprint density at radius 2 is 1.39 bits per heavy atom. The zero-order valence-electron chi connectivity index (χ0n) is 27.9. The smallest absolute Gasteiger partial charge is 0.338 e. The van der Waals surface area contributed by atoms with E-state index in [2.05, 4.69) is 19.2 Å². The lowest BCUT2D eigenvalue weighted by atomic mass is 9.68. The van der Waals surface area contributed by atoms with Crippen molar-refractivity contribution in [2.75, 3.05) is 13.2 Å². The van der Waals surface area contributed by atoms with Gasteiger partial charge in [0.25, 0.3) is 0 Å². The molecule has 0 heterocycles. The molecule has 0 amide bonds. The third kappa shape index (κ3) is 9.41. The Bertz CT molecular complexity index is 1400. The molecule has 2 aromatic carbocycles. The van der Waals surface area contributed by atoms with Crippen LogP contribution in [0.3, 0.4) is 0 Å². The Kier molecular flexibility index (Phi) is 12.0. The average Bonchev–Trinajstić information content (AvgIpc) is 3.04. The van der Waals surface area contributed by atoms with Crippen molar-refractivity contribution in [2.24, 2.45) is 23.2 Å². The van der Waals surface area contributed by atoms with Crippen molar-refractivity contribution >= 4 is 17.9 Å². The highest BCUT2D eigenvalue weighted by molar-refractivity contribution is 5.89. The van der Waals surface area contributed by atoms with Crippen LogP contribution in [-0.2, 0) is 19.1 Å². The van der Waals surface area contributed by atoms with Gasteiger partial charge in [-0.05, 0) is 137 Å². The average molecular weight is 631 g/mol. The van der Waals surface area contributed by atoms with Gasteiger partial charge in [0, 0.05) is 5.57 Å². The highest BCUT2D eigenvalue weighted by Crippen LogP contribution is 2.46. The van der Waals surface area contributed by atoms with Crippen LogP contribution >= 0.6 is 0 Å². The molecule has 0 saturated heterocycles. The zero-order chi connectivity index (χ0) is 33.4. The second kappa shape index (κ2) is 15.7. The van der Waals surface area contributed by atoms with E-state index in [0.717, 1.165) is 61.6 Å². The molecule has 4 rings (SSSR count). The van der Waals surface area contributed by atoms with Crippen molar-refractivity contribution in [3.8, 4) is 22.6 Å². The molecule has 2 aliphatic rings. The lowest BCUT2D eigenvalue weighted by Crippen LogP contribution is -2.26. The third-order valence-electron chi connectivity index (χ3n) is 9.58. The zero-order valence-corrected chi connectivity index (χ0v) is 27.9. The van der Waals surface area contributed by atoms with Gasteiger partial charge in [0.05, 0.1) is 24.2 Å². The first-order valence-corrected chi connectivity index (χ1v) is 16.7. The van der Waals surface area contributed by atoms with E-state index in [1.165, 1.54) is 12.8 Å². The fraction of sp³-hybridized carbons (Fsp3) is 0.513. The molecule has 0 unspecified atom stereocenters. The molecule has 2 saturated carbocycles. The van der Waals surface area contributed by atoms with Crippen LogP contribution in [0.5, 0.6) is 11.5 Å². The molecule has 7 heteroatoms. The first-order chi connectivity index (χ1) is 21.8. The number of aliphatic hydroxyl groups excluding tert-OH is 1. The second-order valence-corrected chi connectivity index (χ2v) is 14.2. The quantitative estimate of drug-likeness (QED) is 0.151. The first-order valence-electron chi connectivity index (χ1n) is 16.7. The predicted octanol–water partition coefficient (Wildman–Crippen LogP) is 8.35. The summed E-state index contributed by atoms with van der Waals surface area (Å²) >= 11 is 0. The molecule has 2 aromatic rings. The van der Waals surface area contributed by atoms with Crippen LogP contribution in [0.15, 0.2) is 66.8 Å². The molecular formula is C39H50O7. The molecule has 7 nitrogen and oxygen atoms in total. The summed E-state index contributed by atoms with van der Waals surface area (Å²) < 4.78 is 16.6. The molecule has 0 radical (unpaired) electrons. The van der Waals surface area contributed by atoms with Crippen molar-refractivity contribution in [1.82, 2.24) is 0 Å². The van der Waals surface area contributed by atoms with E-state index in [4.69, 9.17) is 19.3 Å². The second-order valence-electron chi connectivity index (χ2n) is 14.2. The van der Waals surface area contributed by atoms with E-state index in [1.54, 1.807) is 6.92 Å². The van der Waals surface area contributed by atoms with Gasteiger partial charge in [0.2, 0.25) is 0 Å². The summed E-state index contributed by atoms with van der Waals surface area (Å²) in [5, 5.41) is 9.03. The predicted molar refractivity (Wildman–Crippen MR) is 179 cm³/mol. The largest absolute Gasteiger partial charge is 0.462 e. The molecule has 0 atom stereocenters. The summed E-state index contributed by atoms with van der Waals surface area (Å²) in [4.78, 5) is 36.6. The third-order valence-corrected chi connectivity index (χ3v) is 9.58. The minimum Gasteiger partial charge on any atom is -0.462 e. The topological polar surface area (TPSA) is 99.1 Å². The Morgan fingerprint density at radius 1 is 0.804 bits per heavy atom. The van der Waals surface area contributed by atoms with E-state index >= 15 is 0 Å². The van der Waals surface area contributed by atoms with Crippen molar-refractivity contribution in [3.63, 3.8) is 0 Å². The Hall–Kier alpha value is -3.71. The van der Waals surface area contributed by atoms with Gasteiger partial charge in [-0.2, -0.15) is 0 Å². The van der Waals surface area contributed by atoms with Gasteiger partial charge < -0.3 is 19.3 Å². The Balaban J connectivity index is 1.38. The summed E-state index contributed by atoms with van der Waals surface area (Å²) in [5.41, 5.74) is 2.94. The highest BCUT2D eigenvalue weighted by Gasteiger charge is 2.32. The van der Waals surface area contributed by atoms with Crippen molar-refractivity contribution in [1.29, 1.82) is 0 Å². The van der Waals surface area contributed by atoms with E-state index < -0.39 is 17.4 Å². The monoisotopic (exact) mass is 630 g/mol. The minimum absolute atomic E-state index is 0.0988. The number of carbonyl (C=O) groups is 3. The number of rotatable bonds is 11. The Morgan fingerprint density at radius 3 is 1.96 bits per heavy atom. The number of hydrogen-bond acceptors (Lipinski definition) is 7. The first kappa shape index (κ1) is 35.1. The molecular weight excluding hydrogens is 580 g/mol. The van der Waals surface area contributed by atoms with E-state index in [0.29, 0.717) is 41.4 Å². The molecule has 0 spiro atoms. The number of hydrogen-bond donors (Lipinski definition) is 1. The maximum Gasteiger partial charge on any atom is 0.338 e. The fourth-order valence-corrected chi connectivity index (χ4v) is 6.64. The normalized spacial score (nSPS) is 21.6. The summed E-state index contributed by atoms with van der Waals surface area (Å²) in [7, 11) is 0. The summed E-state index contributed by atoms with van der Waals surface area (Å²) in [6, 6.07) is 13.5. The van der Waals surface area contributed by atoms with Gasteiger partial charge in [0.15, 0.2) is 0 Å². The number of carbonyl (C=O) groups excluding carboxylic acids is 3. The maximum atomic E-state index is 12.5. The Labute approximate surface area is 274 Å². The molecule has 0 bridgehead atoms. The number of aliphatic hydroxyl groups is 1. The van der Waals surface area contributed by atoms with Crippen LogP contribution in [-0.4, -0.2) is 36.2 Å². The summed E-state index contributed by atoms with van der Waals surface area (Å²) in [5.74, 6) is 2.16. The molecule has 1 N–H and O–H groups in total. The van der Waals surface area contributed by atoms with Gasteiger partial charge >= 0.3 is 17.9 Å². The minimum atomic E-state index is -0.584. The lowest BCUT2D eigenvalue weighted by Gasteiger charge is -2.38. The van der Waals surface area contributed by atoms with Crippen LogP contribution in [0, 0.1) is 23.2 Å². The SMILES string of the molecule is C=C(C)C(=O)Oc1ccc(-c2ccc(OC(=O)C(C)(C)C)cc2)cc1C1CCC(C2CCC(CCOC(=O)C(=C)CO)CC2)CC1. The van der Waals surface area contributed by atoms with Crippen LogP contribution in [0.1, 0.15) is 97.0 Å². The summed E-state index contributed by atoms with van der Waals surface area (Å²) in [6.07, 6.45) is 9.94. The molecule has 0 aromatic heterocycles. The number of benzene rings is 2. The van der Waals surface area contributed by atoms with Gasteiger partial charge in [-0.15, -0.1) is 0 Å². The molecule has 46 heavy (non-hydrogen) atoms. The molecule has 0 aliphatic heterocycles. The van der Waals surface area contributed by atoms with E-state index in [1.807, 2.05) is 57.2 Å². The maximum absolute atomic E-state index is 12.5.